The number of nitrogens with zero attached hydrogens (tertiary/aromatic N) is 1. The molecular formula is C15H22N2O. The summed E-state index contributed by atoms with van der Waals surface area (Å²) in [5.41, 5.74) is 1.33. The van der Waals surface area contributed by atoms with E-state index in [2.05, 4.69) is 34.5 Å². The first kappa shape index (κ1) is 13.1. The monoisotopic (exact) mass is 246 g/mol. The van der Waals surface area contributed by atoms with Gasteiger partial charge in [-0.25, -0.2) is 0 Å². The van der Waals surface area contributed by atoms with Gasteiger partial charge in [0, 0.05) is 12.1 Å². The molecule has 1 saturated heterocycles. The summed E-state index contributed by atoms with van der Waals surface area (Å²) in [5.74, 6) is 0.132. The van der Waals surface area contributed by atoms with E-state index in [9.17, 15) is 4.79 Å². The van der Waals surface area contributed by atoms with Gasteiger partial charge in [0.1, 0.15) is 0 Å². The maximum Gasteiger partial charge on any atom is 0.234 e. The third-order valence-corrected chi connectivity index (χ3v) is 3.34. The Labute approximate surface area is 109 Å². The lowest BCUT2D eigenvalue weighted by Crippen LogP contribution is -2.39. The van der Waals surface area contributed by atoms with Crippen molar-refractivity contribution in [2.45, 2.75) is 38.8 Å². The van der Waals surface area contributed by atoms with E-state index in [0.717, 1.165) is 13.0 Å². The topological polar surface area (TPSA) is 32.3 Å². The van der Waals surface area contributed by atoms with E-state index in [0.29, 0.717) is 12.6 Å². The minimum Gasteiger partial charge on any atom is -0.353 e. The SMILES string of the molecule is CC(C)NC(=O)CN1CCCC1c1ccccc1. The molecule has 1 aliphatic rings. The number of carbonyl (C=O) groups excluding carboxylic acids is 1. The molecule has 1 heterocycles. The molecule has 0 aliphatic carbocycles. The highest BCUT2D eigenvalue weighted by atomic mass is 16.2. The fourth-order valence-corrected chi connectivity index (χ4v) is 2.62. The van der Waals surface area contributed by atoms with Gasteiger partial charge in [-0.1, -0.05) is 30.3 Å². The minimum atomic E-state index is 0.132. The molecule has 1 unspecified atom stereocenters. The largest absolute Gasteiger partial charge is 0.353 e. The molecule has 1 aromatic rings. The number of hydrogen-bond acceptors (Lipinski definition) is 2. The maximum atomic E-state index is 11.8. The van der Waals surface area contributed by atoms with Crippen molar-refractivity contribution in [3.63, 3.8) is 0 Å². The Kier molecular flexibility index (Phi) is 4.37. The minimum absolute atomic E-state index is 0.132. The Bertz CT molecular complexity index is 389. The molecule has 1 aliphatic heterocycles. The summed E-state index contributed by atoms with van der Waals surface area (Å²) in [6.07, 6.45) is 2.33. The summed E-state index contributed by atoms with van der Waals surface area (Å²) < 4.78 is 0. The molecule has 2 rings (SSSR count). The van der Waals surface area contributed by atoms with E-state index in [1.807, 2.05) is 19.9 Å². The van der Waals surface area contributed by atoms with Gasteiger partial charge in [0.05, 0.1) is 6.54 Å². The van der Waals surface area contributed by atoms with Gasteiger partial charge in [-0.2, -0.15) is 0 Å². The molecule has 0 aromatic heterocycles. The van der Waals surface area contributed by atoms with Crippen LogP contribution in [-0.2, 0) is 4.79 Å². The third-order valence-electron chi connectivity index (χ3n) is 3.34. The number of carbonyl (C=O) groups is 1. The van der Waals surface area contributed by atoms with Gasteiger partial charge < -0.3 is 5.32 Å². The van der Waals surface area contributed by atoms with Crippen LogP contribution in [0.15, 0.2) is 30.3 Å². The van der Waals surface area contributed by atoms with Gasteiger partial charge in [0.15, 0.2) is 0 Å². The van der Waals surface area contributed by atoms with Crippen LogP contribution >= 0.6 is 0 Å². The molecule has 0 saturated carbocycles. The predicted molar refractivity (Wildman–Crippen MR) is 73.3 cm³/mol. The third kappa shape index (κ3) is 3.33. The predicted octanol–water partition coefficient (Wildman–Crippen LogP) is 2.35. The van der Waals surface area contributed by atoms with Crippen molar-refractivity contribution in [1.29, 1.82) is 0 Å². The highest BCUT2D eigenvalue weighted by Crippen LogP contribution is 2.31. The molecule has 1 atom stereocenters. The number of amides is 1. The van der Waals surface area contributed by atoms with Crippen LogP contribution in [0.2, 0.25) is 0 Å². The fraction of sp³-hybridized carbons (Fsp3) is 0.533. The first-order chi connectivity index (χ1) is 8.66. The summed E-state index contributed by atoms with van der Waals surface area (Å²) in [6.45, 7) is 5.52. The van der Waals surface area contributed by atoms with Gasteiger partial charge in [0.2, 0.25) is 5.91 Å². The molecule has 1 N–H and O–H groups in total. The van der Waals surface area contributed by atoms with Crippen molar-refractivity contribution >= 4 is 5.91 Å². The standard InChI is InChI=1S/C15H22N2O/c1-12(2)16-15(18)11-17-10-6-9-14(17)13-7-4-3-5-8-13/h3-5,7-8,12,14H,6,9-11H2,1-2H3,(H,16,18). The lowest BCUT2D eigenvalue weighted by Gasteiger charge is -2.24. The van der Waals surface area contributed by atoms with Crippen molar-refractivity contribution < 1.29 is 4.79 Å². The van der Waals surface area contributed by atoms with Crippen LogP contribution in [0.3, 0.4) is 0 Å². The Balaban J connectivity index is 1.98. The molecule has 1 aromatic carbocycles. The summed E-state index contributed by atoms with van der Waals surface area (Å²) in [5, 5.41) is 2.96. The number of likely N-dealkylation sites (tertiary alicyclic amines) is 1. The molecule has 98 valence electrons. The second-order valence-electron chi connectivity index (χ2n) is 5.26. The molecule has 1 amide bonds. The zero-order valence-electron chi connectivity index (χ0n) is 11.2. The van der Waals surface area contributed by atoms with Crippen LogP contribution in [0, 0.1) is 0 Å². The first-order valence-electron chi connectivity index (χ1n) is 6.75. The van der Waals surface area contributed by atoms with Crippen molar-refractivity contribution in [2.24, 2.45) is 0 Å². The van der Waals surface area contributed by atoms with Crippen molar-refractivity contribution in [1.82, 2.24) is 10.2 Å². The highest BCUT2D eigenvalue weighted by Gasteiger charge is 2.27. The lowest BCUT2D eigenvalue weighted by atomic mass is 10.0. The Morgan fingerprint density at radius 1 is 1.39 bits per heavy atom. The molecule has 3 nitrogen and oxygen atoms in total. The molecule has 0 spiro atoms. The van der Waals surface area contributed by atoms with E-state index >= 15 is 0 Å². The summed E-state index contributed by atoms with van der Waals surface area (Å²) in [7, 11) is 0. The van der Waals surface area contributed by atoms with Crippen LogP contribution in [0.5, 0.6) is 0 Å². The number of nitrogens with one attached hydrogen (secondary N) is 1. The molecule has 18 heavy (non-hydrogen) atoms. The number of benzene rings is 1. The van der Waals surface area contributed by atoms with E-state index in [4.69, 9.17) is 0 Å². The smallest absolute Gasteiger partial charge is 0.234 e. The van der Waals surface area contributed by atoms with Crippen molar-refractivity contribution in [3.8, 4) is 0 Å². The van der Waals surface area contributed by atoms with Crippen LogP contribution < -0.4 is 5.32 Å². The van der Waals surface area contributed by atoms with Gasteiger partial charge in [0.25, 0.3) is 0 Å². The number of hydrogen-bond donors (Lipinski definition) is 1. The summed E-state index contributed by atoms with van der Waals surface area (Å²) >= 11 is 0. The molecular weight excluding hydrogens is 224 g/mol. The maximum absolute atomic E-state index is 11.8. The average molecular weight is 246 g/mol. The van der Waals surface area contributed by atoms with Crippen LogP contribution in [0.1, 0.15) is 38.3 Å². The molecule has 0 bridgehead atoms. The second-order valence-corrected chi connectivity index (χ2v) is 5.26. The van der Waals surface area contributed by atoms with Gasteiger partial charge >= 0.3 is 0 Å². The van der Waals surface area contributed by atoms with Crippen molar-refractivity contribution in [2.75, 3.05) is 13.1 Å². The lowest BCUT2D eigenvalue weighted by molar-refractivity contribution is -0.122. The zero-order valence-corrected chi connectivity index (χ0v) is 11.2. The average Bonchev–Trinajstić information content (AvgIpc) is 2.77. The van der Waals surface area contributed by atoms with E-state index < -0.39 is 0 Å². The van der Waals surface area contributed by atoms with Gasteiger partial charge in [-0.15, -0.1) is 0 Å². The van der Waals surface area contributed by atoms with Crippen molar-refractivity contribution in [3.05, 3.63) is 35.9 Å². The zero-order chi connectivity index (χ0) is 13.0. The summed E-state index contributed by atoms with van der Waals surface area (Å²) in [4.78, 5) is 14.1. The second kappa shape index (κ2) is 6.01. The fourth-order valence-electron chi connectivity index (χ4n) is 2.62. The van der Waals surface area contributed by atoms with E-state index in [1.54, 1.807) is 0 Å². The van der Waals surface area contributed by atoms with Crippen LogP contribution in [0.4, 0.5) is 0 Å². The van der Waals surface area contributed by atoms with Crippen LogP contribution in [0.25, 0.3) is 0 Å². The summed E-state index contributed by atoms with van der Waals surface area (Å²) in [6, 6.07) is 11.1. The van der Waals surface area contributed by atoms with Crippen LogP contribution in [-0.4, -0.2) is 29.9 Å². The normalized spacial score (nSPS) is 20.3. The van der Waals surface area contributed by atoms with Gasteiger partial charge in [-0.05, 0) is 38.8 Å². The molecule has 3 heteroatoms. The Morgan fingerprint density at radius 3 is 2.78 bits per heavy atom. The van der Waals surface area contributed by atoms with E-state index in [1.165, 1.54) is 12.0 Å². The van der Waals surface area contributed by atoms with Gasteiger partial charge in [-0.3, -0.25) is 9.69 Å². The first-order valence-corrected chi connectivity index (χ1v) is 6.75. The Hall–Kier alpha value is -1.35. The quantitative estimate of drug-likeness (QED) is 0.884. The highest BCUT2D eigenvalue weighted by molar-refractivity contribution is 5.78. The molecule has 0 radical (unpaired) electrons. The Morgan fingerprint density at radius 2 is 2.11 bits per heavy atom. The molecule has 1 fully saturated rings. The van der Waals surface area contributed by atoms with E-state index in [-0.39, 0.29) is 11.9 Å². The number of rotatable bonds is 4.